The Balaban J connectivity index is 1.60. The number of fused-ring (bicyclic) bond motifs is 1. The highest BCUT2D eigenvalue weighted by Crippen LogP contribution is 2.36. The summed E-state index contributed by atoms with van der Waals surface area (Å²) in [6, 6.07) is 15.1. The number of nitrogens with zero attached hydrogens (tertiary/aromatic N) is 5. The fourth-order valence-electron chi connectivity index (χ4n) is 4.83. The lowest BCUT2D eigenvalue weighted by Gasteiger charge is -2.26. The van der Waals surface area contributed by atoms with Gasteiger partial charge in [-0.3, -0.25) is 9.69 Å². The third-order valence-corrected chi connectivity index (χ3v) is 6.83. The van der Waals surface area contributed by atoms with Gasteiger partial charge in [0.1, 0.15) is 35.4 Å². The predicted molar refractivity (Wildman–Crippen MR) is 150 cm³/mol. The zero-order valence-electron chi connectivity index (χ0n) is 22.0. The van der Waals surface area contributed by atoms with E-state index in [1.807, 2.05) is 43.3 Å². The standard InChI is InChI=1S/C29H29FN8O2/c1-18(36-28-22(16-31)27(32)34-17-35-28)26-24(19-5-3-2-4-6-19)25(21-15-20(30)7-8-23(21)37-26)29(39)33-9-10-38-11-13-40-14-12-38/h2-8,15,17-18H,9-14H2,1H3,(H,33,39)(H3,32,34,35,36). The van der Waals surface area contributed by atoms with Crippen LogP contribution in [0.2, 0.25) is 0 Å². The summed E-state index contributed by atoms with van der Waals surface area (Å²) < 4.78 is 19.9. The molecule has 3 heterocycles. The smallest absolute Gasteiger partial charge is 0.252 e. The second-order valence-electron chi connectivity index (χ2n) is 9.44. The van der Waals surface area contributed by atoms with E-state index in [2.05, 4.69) is 25.5 Å². The van der Waals surface area contributed by atoms with Crippen LogP contribution in [0.1, 0.15) is 34.6 Å². The van der Waals surface area contributed by atoms with Gasteiger partial charge in [-0.05, 0) is 30.7 Å². The molecule has 1 fully saturated rings. The minimum atomic E-state index is -0.522. The third-order valence-electron chi connectivity index (χ3n) is 6.83. The number of halogens is 1. The lowest BCUT2D eigenvalue weighted by molar-refractivity contribution is 0.0383. The minimum absolute atomic E-state index is 0.0535. The predicted octanol–water partition coefficient (Wildman–Crippen LogP) is 3.52. The number of hydrogen-bond acceptors (Lipinski definition) is 9. The molecule has 0 bridgehead atoms. The van der Waals surface area contributed by atoms with Crippen LogP contribution in [0.4, 0.5) is 16.0 Å². The van der Waals surface area contributed by atoms with Gasteiger partial charge in [0.2, 0.25) is 0 Å². The van der Waals surface area contributed by atoms with Crippen LogP contribution < -0.4 is 16.4 Å². The molecule has 0 aliphatic carbocycles. The molecule has 4 aromatic rings. The molecule has 1 aliphatic heterocycles. The number of hydrogen-bond donors (Lipinski definition) is 3. The van der Waals surface area contributed by atoms with E-state index in [-0.39, 0.29) is 23.1 Å². The number of amides is 1. The molecule has 1 amide bonds. The molecule has 10 nitrogen and oxygen atoms in total. The van der Waals surface area contributed by atoms with Crippen LogP contribution in [0.25, 0.3) is 22.0 Å². The van der Waals surface area contributed by atoms with Crippen molar-refractivity contribution in [1.82, 2.24) is 25.2 Å². The fraction of sp³-hybridized carbons (Fsp3) is 0.276. The number of carbonyl (C=O) groups is 1. The molecule has 0 radical (unpaired) electrons. The SMILES string of the molecule is CC(Nc1ncnc(N)c1C#N)c1nc2ccc(F)cc2c(C(=O)NCCN2CCOCC2)c1-c1ccccc1. The van der Waals surface area contributed by atoms with Crippen LogP contribution in [-0.2, 0) is 4.74 Å². The summed E-state index contributed by atoms with van der Waals surface area (Å²) in [5, 5.41) is 16.3. The van der Waals surface area contributed by atoms with Crippen LogP contribution in [-0.4, -0.2) is 65.2 Å². The number of morpholine rings is 1. The molecule has 1 unspecified atom stereocenters. The average molecular weight is 541 g/mol. The normalized spacial score (nSPS) is 14.4. The lowest BCUT2D eigenvalue weighted by Crippen LogP contribution is -2.41. The maximum Gasteiger partial charge on any atom is 0.252 e. The van der Waals surface area contributed by atoms with Crippen molar-refractivity contribution in [2.75, 3.05) is 50.4 Å². The van der Waals surface area contributed by atoms with Gasteiger partial charge in [0, 0.05) is 37.1 Å². The highest BCUT2D eigenvalue weighted by Gasteiger charge is 2.26. The van der Waals surface area contributed by atoms with Gasteiger partial charge in [-0.1, -0.05) is 30.3 Å². The molecule has 204 valence electrons. The Hall–Kier alpha value is -4.66. The lowest BCUT2D eigenvalue weighted by atomic mass is 9.91. The van der Waals surface area contributed by atoms with Gasteiger partial charge in [-0.2, -0.15) is 5.26 Å². The second-order valence-corrected chi connectivity index (χ2v) is 9.44. The molecule has 11 heteroatoms. The number of nitrogens with two attached hydrogens (primary N) is 1. The van der Waals surface area contributed by atoms with Crippen molar-refractivity contribution in [3.05, 3.63) is 77.5 Å². The van der Waals surface area contributed by atoms with Crippen molar-refractivity contribution >= 4 is 28.4 Å². The third kappa shape index (κ3) is 5.68. The van der Waals surface area contributed by atoms with Crippen molar-refractivity contribution in [2.45, 2.75) is 13.0 Å². The van der Waals surface area contributed by atoms with E-state index in [0.717, 1.165) is 18.7 Å². The number of pyridine rings is 1. The van der Waals surface area contributed by atoms with Crippen molar-refractivity contribution < 1.29 is 13.9 Å². The van der Waals surface area contributed by atoms with Gasteiger partial charge >= 0.3 is 0 Å². The van der Waals surface area contributed by atoms with E-state index < -0.39 is 11.9 Å². The van der Waals surface area contributed by atoms with E-state index >= 15 is 0 Å². The Kier molecular flexibility index (Phi) is 8.10. The number of rotatable bonds is 8. The summed E-state index contributed by atoms with van der Waals surface area (Å²) in [7, 11) is 0. The van der Waals surface area contributed by atoms with Gasteiger partial charge < -0.3 is 21.1 Å². The Bertz CT molecular complexity index is 1570. The van der Waals surface area contributed by atoms with Gasteiger partial charge in [0.25, 0.3) is 5.91 Å². The van der Waals surface area contributed by atoms with Crippen molar-refractivity contribution in [2.24, 2.45) is 0 Å². The first-order valence-electron chi connectivity index (χ1n) is 13.0. The molecule has 1 saturated heterocycles. The quantitative estimate of drug-likeness (QED) is 0.306. The Labute approximate surface area is 231 Å². The Morgan fingerprint density at radius 1 is 1.20 bits per heavy atom. The van der Waals surface area contributed by atoms with Gasteiger partial charge in [-0.25, -0.2) is 19.3 Å². The van der Waals surface area contributed by atoms with Crippen molar-refractivity contribution in [3.63, 3.8) is 0 Å². The van der Waals surface area contributed by atoms with E-state index in [9.17, 15) is 14.4 Å². The highest BCUT2D eigenvalue weighted by atomic mass is 19.1. The zero-order valence-corrected chi connectivity index (χ0v) is 22.0. The molecule has 4 N–H and O–H groups in total. The monoisotopic (exact) mass is 540 g/mol. The maximum atomic E-state index is 14.5. The summed E-state index contributed by atoms with van der Waals surface area (Å²) in [4.78, 5) is 29.1. The number of nitrogen functional groups attached to an aromatic ring is 1. The van der Waals surface area contributed by atoms with Crippen LogP contribution in [0.3, 0.4) is 0 Å². The molecular formula is C29H29FN8O2. The molecule has 2 aromatic heterocycles. The van der Waals surface area contributed by atoms with Gasteiger partial charge in [-0.15, -0.1) is 0 Å². The Morgan fingerprint density at radius 3 is 2.73 bits per heavy atom. The first-order chi connectivity index (χ1) is 19.5. The minimum Gasteiger partial charge on any atom is -0.382 e. The highest BCUT2D eigenvalue weighted by molar-refractivity contribution is 6.12. The molecular weight excluding hydrogens is 511 g/mol. The van der Waals surface area contributed by atoms with E-state index in [1.54, 1.807) is 6.07 Å². The van der Waals surface area contributed by atoms with Crippen molar-refractivity contribution in [3.8, 4) is 17.2 Å². The number of ether oxygens (including phenoxy) is 1. The molecule has 40 heavy (non-hydrogen) atoms. The number of carbonyl (C=O) groups excluding carboxylic acids is 1. The first-order valence-corrected chi connectivity index (χ1v) is 13.0. The summed E-state index contributed by atoms with van der Waals surface area (Å²) in [6.07, 6.45) is 1.27. The topological polar surface area (TPSA) is 142 Å². The van der Waals surface area contributed by atoms with Crippen LogP contribution in [0.5, 0.6) is 0 Å². The first kappa shape index (κ1) is 26.9. The molecule has 1 atom stereocenters. The number of aromatic nitrogens is 3. The van der Waals surface area contributed by atoms with Gasteiger partial charge in [0.15, 0.2) is 0 Å². The van der Waals surface area contributed by atoms with E-state index in [4.69, 9.17) is 15.5 Å². The summed E-state index contributed by atoms with van der Waals surface area (Å²) in [5.74, 6) is -0.496. The summed E-state index contributed by atoms with van der Waals surface area (Å²) >= 11 is 0. The summed E-state index contributed by atoms with van der Waals surface area (Å²) in [6.45, 7) is 5.88. The molecule has 1 aliphatic rings. The second kappa shape index (κ2) is 12.0. The number of nitriles is 1. The van der Waals surface area contributed by atoms with E-state index in [0.29, 0.717) is 54.0 Å². The number of benzene rings is 2. The van der Waals surface area contributed by atoms with Gasteiger partial charge in [0.05, 0.1) is 36.0 Å². The van der Waals surface area contributed by atoms with Crippen LogP contribution in [0.15, 0.2) is 54.9 Å². The average Bonchev–Trinajstić information content (AvgIpc) is 2.97. The zero-order chi connectivity index (χ0) is 28.1. The van der Waals surface area contributed by atoms with E-state index in [1.165, 1.54) is 18.5 Å². The number of nitrogens with one attached hydrogen (secondary N) is 2. The van der Waals surface area contributed by atoms with Crippen LogP contribution in [0, 0.1) is 17.1 Å². The van der Waals surface area contributed by atoms with Crippen molar-refractivity contribution in [1.29, 1.82) is 5.26 Å². The van der Waals surface area contributed by atoms with Crippen LogP contribution >= 0.6 is 0 Å². The number of anilines is 2. The molecule has 0 spiro atoms. The largest absolute Gasteiger partial charge is 0.382 e. The molecule has 2 aromatic carbocycles. The molecule has 0 saturated carbocycles. The maximum absolute atomic E-state index is 14.5. The fourth-order valence-corrected chi connectivity index (χ4v) is 4.83. The summed E-state index contributed by atoms with van der Waals surface area (Å²) in [5.41, 5.74) is 8.62. The Morgan fingerprint density at radius 2 is 1.98 bits per heavy atom. The molecule has 5 rings (SSSR count).